The lowest BCUT2D eigenvalue weighted by Crippen LogP contribution is -2.34. The zero-order chi connectivity index (χ0) is 14.9. The number of rotatable bonds is 8. The van der Waals surface area contributed by atoms with E-state index in [1.165, 1.54) is 24.8 Å². The van der Waals surface area contributed by atoms with E-state index in [0.717, 1.165) is 38.5 Å². The molecule has 3 N–H and O–H groups in total. The van der Waals surface area contributed by atoms with Crippen molar-refractivity contribution in [2.24, 2.45) is 16.6 Å². The summed E-state index contributed by atoms with van der Waals surface area (Å²) in [6.45, 7) is 3.83. The van der Waals surface area contributed by atoms with E-state index in [1.54, 1.807) is 0 Å². The van der Waals surface area contributed by atoms with Crippen LogP contribution in [0.1, 0.15) is 31.2 Å². The van der Waals surface area contributed by atoms with E-state index < -0.39 is 0 Å². The Labute approximate surface area is 151 Å². The van der Waals surface area contributed by atoms with E-state index in [-0.39, 0.29) is 24.0 Å². The van der Waals surface area contributed by atoms with E-state index in [0.29, 0.717) is 5.96 Å². The Bertz CT molecular complexity index is 432. The molecule has 5 heteroatoms. The summed E-state index contributed by atoms with van der Waals surface area (Å²) < 4.78 is 0. The zero-order valence-electron chi connectivity index (χ0n) is 13.5. The summed E-state index contributed by atoms with van der Waals surface area (Å²) in [5.74, 6) is 1.38. The molecule has 2 rings (SSSR count). The number of hydrogen-bond acceptors (Lipinski definition) is 2. The fourth-order valence-corrected chi connectivity index (χ4v) is 2.50. The van der Waals surface area contributed by atoms with Crippen molar-refractivity contribution in [2.45, 2.75) is 32.2 Å². The van der Waals surface area contributed by atoms with E-state index in [2.05, 4.69) is 52.6 Å². The highest BCUT2D eigenvalue weighted by Crippen LogP contribution is 2.26. The van der Waals surface area contributed by atoms with E-state index in [9.17, 15) is 0 Å². The second kappa shape index (κ2) is 10.8. The lowest BCUT2D eigenvalue weighted by atomic mass is 9.86. The molecule has 22 heavy (non-hydrogen) atoms. The molecule has 0 atom stereocenters. The van der Waals surface area contributed by atoms with Crippen LogP contribution in [0.15, 0.2) is 35.3 Å². The van der Waals surface area contributed by atoms with Crippen molar-refractivity contribution in [1.82, 2.24) is 10.2 Å². The third-order valence-corrected chi connectivity index (χ3v) is 4.06. The van der Waals surface area contributed by atoms with E-state index in [1.807, 2.05) is 0 Å². The van der Waals surface area contributed by atoms with Gasteiger partial charge in [-0.15, -0.1) is 24.0 Å². The maximum atomic E-state index is 5.87. The summed E-state index contributed by atoms with van der Waals surface area (Å²) in [5, 5.41) is 3.21. The molecule has 1 fully saturated rings. The van der Waals surface area contributed by atoms with Crippen molar-refractivity contribution < 1.29 is 0 Å². The highest BCUT2D eigenvalue weighted by atomic mass is 127. The second-order valence-corrected chi connectivity index (χ2v) is 6.03. The molecule has 4 nitrogen and oxygen atoms in total. The molecule has 0 heterocycles. The number of hydrogen-bond donors (Lipinski definition) is 2. The molecule has 0 radical (unpaired) electrons. The SMILES string of the molecule is CN(CCCNC(N)=NCC1CCC1)Cc1ccccc1.I. The molecule has 1 aliphatic carbocycles. The van der Waals surface area contributed by atoms with Crippen LogP contribution in [0.2, 0.25) is 0 Å². The van der Waals surface area contributed by atoms with Gasteiger partial charge >= 0.3 is 0 Å². The standard InChI is InChI=1S/C17H28N4.HI/c1-21(14-16-7-3-2-4-8-16)12-6-11-19-17(18)20-13-15-9-5-10-15;/h2-4,7-8,15H,5-6,9-14H2,1H3,(H3,18,19,20);1H. The minimum Gasteiger partial charge on any atom is -0.370 e. The van der Waals surface area contributed by atoms with Gasteiger partial charge in [0.25, 0.3) is 0 Å². The Morgan fingerprint density at radius 3 is 2.68 bits per heavy atom. The smallest absolute Gasteiger partial charge is 0.188 e. The normalized spacial score (nSPS) is 15.3. The first kappa shape index (κ1) is 19.2. The monoisotopic (exact) mass is 416 g/mol. The second-order valence-electron chi connectivity index (χ2n) is 6.03. The van der Waals surface area contributed by atoms with Crippen LogP contribution in [0, 0.1) is 5.92 Å². The number of benzene rings is 1. The molecule has 0 aromatic heterocycles. The summed E-state index contributed by atoms with van der Waals surface area (Å²) in [7, 11) is 2.15. The van der Waals surface area contributed by atoms with Crippen molar-refractivity contribution in [2.75, 3.05) is 26.7 Å². The number of nitrogens with two attached hydrogens (primary N) is 1. The summed E-state index contributed by atoms with van der Waals surface area (Å²) in [6, 6.07) is 10.6. The predicted molar refractivity (Wildman–Crippen MR) is 105 cm³/mol. The van der Waals surface area contributed by atoms with E-state index >= 15 is 0 Å². The van der Waals surface area contributed by atoms with Gasteiger partial charge in [0, 0.05) is 19.6 Å². The molecule has 1 aliphatic rings. The van der Waals surface area contributed by atoms with Gasteiger partial charge in [0.2, 0.25) is 0 Å². The number of halogens is 1. The van der Waals surface area contributed by atoms with Gasteiger partial charge in [-0.3, -0.25) is 4.99 Å². The molecule has 0 unspecified atom stereocenters. The predicted octanol–water partition coefficient (Wildman–Crippen LogP) is 2.83. The Morgan fingerprint density at radius 1 is 1.32 bits per heavy atom. The molecule has 1 aromatic carbocycles. The first-order valence-corrected chi connectivity index (χ1v) is 8.00. The molecule has 0 amide bonds. The fourth-order valence-electron chi connectivity index (χ4n) is 2.50. The van der Waals surface area contributed by atoms with Crippen LogP contribution in [0.3, 0.4) is 0 Å². The van der Waals surface area contributed by atoms with Crippen LogP contribution >= 0.6 is 24.0 Å². The van der Waals surface area contributed by atoms with Crippen molar-refractivity contribution in [3.8, 4) is 0 Å². The van der Waals surface area contributed by atoms with Crippen molar-refractivity contribution in [3.63, 3.8) is 0 Å². The van der Waals surface area contributed by atoms with Crippen molar-refractivity contribution >= 4 is 29.9 Å². The zero-order valence-corrected chi connectivity index (χ0v) is 15.8. The molecule has 1 saturated carbocycles. The third kappa shape index (κ3) is 7.45. The van der Waals surface area contributed by atoms with Gasteiger partial charge in [0.05, 0.1) is 0 Å². The first-order valence-electron chi connectivity index (χ1n) is 8.00. The lowest BCUT2D eigenvalue weighted by molar-refractivity contribution is 0.321. The van der Waals surface area contributed by atoms with Crippen molar-refractivity contribution in [1.29, 1.82) is 0 Å². The van der Waals surface area contributed by atoms with Gasteiger partial charge in [-0.2, -0.15) is 0 Å². The van der Waals surface area contributed by atoms with Gasteiger partial charge in [0.15, 0.2) is 5.96 Å². The first-order chi connectivity index (χ1) is 10.2. The third-order valence-electron chi connectivity index (χ3n) is 4.06. The highest BCUT2D eigenvalue weighted by molar-refractivity contribution is 14.0. The molecule has 0 saturated heterocycles. The summed E-state index contributed by atoms with van der Waals surface area (Å²) >= 11 is 0. The molecule has 0 bridgehead atoms. The van der Waals surface area contributed by atoms with Crippen LogP contribution in [0.25, 0.3) is 0 Å². The lowest BCUT2D eigenvalue weighted by Gasteiger charge is -2.23. The molecular weight excluding hydrogens is 387 g/mol. The largest absolute Gasteiger partial charge is 0.370 e. The van der Waals surface area contributed by atoms with Gasteiger partial charge in [0.1, 0.15) is 0 Å². The molecular formula is C17H29IN4. The quantitative estimate of drug-likeness (QED) is 0.297. The minimum atomic E-state index is 0. The average Bonchev–Trinajstić information content (AvgIpc) is 2.43. The minimum absolute atomic E-state index is 0. The topological polar surface area (TPSA) is 53.6 Å². The van der Waals surface area contributed by atoms with Crippen LogP contribution < -0.4 is 11.1 Å². The highest BCUT2D eigenvalue weighted by Gasteiger charge is 2.16. The Hall–Kier alpha value is -0.820. The van der Waals surface area contributed by atoms with Gasteiger partial charge < -0.3 is 16.0 Å². The number of aliphatic imine (C=N–C) groups is 1. The van der Waals surface area contributed by atoms with Crippen LogP contribution in [0.4, 0.5) is 0 Å². The number of nitrogens with one attached hydrogen (secondary N) is 1. The van der Waals surface area contributed by atoms with Gasteiger partial charge in [-0.25, -0.2) is 0 Å². The van der Waals surface area contributed by atoms with Gasteiger partial charge in [-0.05, 0) is 44.3 Å². The number of guanidine groups is 1. The molecule has 124 valence electrons. The van der Waals surface area contributed by atoms with Crippen molar-refractivity contribution in [3.05, 3.63) is 35.9 Å². The van der Waals surface area contributed by atoms with E-state index in [4.69, 9.17) is 5.73 Å². The summed E-state index contributed by atoms with van der Waals surface area (Å²) in [6.07, 6.45) is 5.08. The van der Waals surface area contributed by atoms with Crippen LogP contribution in [-0.4, -0.2) is 37.5 Å². The number of nitrogens with zero attached hydrogens (tertiary/aromatic N) is 2. The Balaban J connectivity index is 0.00000242. The summed E-state index contributed by atoms with van der Waals surface area (Å²) in [5.41, 5.74) is 7.22. The van der Waals surface area contributed by atoms with Crippen LogP contribution in [0.5, 0.6) is 0 Å². The maximum absolute atomic E-state index is 5.87. The van der Waals surface area contributed by atoms with Crippen LogP contribution in [-0.2, 0) is 6.54 Å². The Morgan fingerprint density at radius 2 is 2.05 bits per heavy atom. The molecule has 1 aromatic rings. The average molecular weight is 416 g/mol. The summed E-state index contributed by atoms with van der Waals surface area (Å²) in [4.78, 5) is 6.73. The molecule has 0 spiro atoms. The maximum Gasteiger partial charge on any atom is 0.188 e. The molecule has 0 aliphatic heterocycles. The van der Waals surface area contributed by atoms with Gasteiger partial charge in [-0.1, -0.05) is 36.8 Å². The fraction of sp³-hybridized carbons (Fsp3) is 0.588. The Kier molecular flexibility index (Phi) is 9.47.